The molecule has 0 atom stereocenters. The van der Waals surface area contributed by atoms with Crippen LogP contribution in [0.15, 0.2) is 52.5 Å². The van der Waals surface area contributed by atoms with Gasteiger partial charge in [-0.25, -0.2) is 8.42 Å². The largest absolute Gasteiger partial charge is 0.379 e. The number of hydrazone groups is 1. The van der Waals surface area contributed by atoms with E-state index in [0.717, 1.165) is 17.2 Å². The lowest BCUT2D eigenvalue weighted by Crippen LogP contribution is -2.40. The third-order valence-corrected chi connectivity index (χ3v) is 6.14. The molecule has 2 aromatic rings. The predicted molar refractivity (Wildman–Crippen MR) is 105 cm³/mol. The molecule has 10 heteroatoms. The smallest absolute Gasteiger partial charge is 0.270 e. The lowest BCUT2D eigenvalue weighted by molar-refractivity contribution is -0.385. The van der Waals surface area contributed by atoms with Crippen LogP contribution in [0.3, 0.4) is 0 Å². The summed E-state index contributed by atoms with van der Waals surface area (Å²) in [6.07, 6.45) is 1.56. The molecule has 3 rings (SSSR count). The van der Waals surface area contributed by atoms with Crippen molar-refractivity contribution >= 4 is 27.6 Å². The zero-order valence-electron chi connectivity index (χ0n) is 15.2. The Balaban J connectivity index is 1.93. The molecular weight excluding hydrogens is 384 g/mol. The highest BCUT2D eigenvalue weighted by atomic mass is 32.2. The van der Waals surface area contributed by atoms with Crippen molar-refractivity contribution in [3.8, 4) is 0 Å². The Kier molecular flexibility index (Phi) is 6.02. The molecule has 2 aromatic carbocycles. The average molecular weight is 404 g/mol. The Morgan fingerprint density at radius 2 is 1.96 bits per heavy atom. The normalized spacial score (nSPS) is 15.6. The first-order valence-corrected chi connectivity index (χ1v) is 10.0. The topological polar surface area (TPSA) is 114 Å². The molecule has 9 nitrogen and oxygen atoms in total. The Morgan fingerprint density at radius 3 is 2.64 bits per heavy atom. The minimum Gasteiger partial charge on any atom is -0.379 e. The fraction of sp³-hybridized carbons (Fsp3) is 0.278. The van der Waals surface area contributed by atoms with Gasteiger partial charge in [0.25, 0.3) is 5.69 Å². The van der Waals surface area contributed by atoms with E-state index in [1.165, 1.54) is 16.4 Å². The molecule has 0 spiro atoms. The summed E-state index contributed by atoms with van der Waals surface area (Å²) in [5.41, 5.74) is 4.47. The Labute approximate surface area is 162 Å². The number of nitrogens with zero attached hydrogens (tertiary/aromatic N) is 3. The number of morpholine rings is 1. The van der Waals surface area contributed by atoms with E-state index in [-0.39, 0.29) is 42.6 Å². The monoisotopic (exact) mass is 404 g/mol. The molecule has 1 heterocycles. The summed E-state index contributed by atoms with van der Waals surface area (Å²) in [7, 11) is -3.94. The van der Waals surface area contributed by atoms with Crippen molar-refractivity contribution < 1.29 is 18.1 Å². The Morgan fingerprint density at radius 1 is 1.21 bits per heavy atom. The number of non-ortho nitro benzene ring substituents is 1. The van der Waals surface area contributed by atoms with Crippen molar-refractivity contribution in [1.82, 2.24) is 4.31 Å². The molecule has 1 aliphatic heterocycles. The van der Waals surface area contributed by atoms with Crippen LogP contribution in [0.1, 0.15) is 11.1 Å². The average Bonchev–Trinajstić information content (AvgIpc) is 2.68. The molecule has 28 heavy (non-hydrogen) atoms. The van der Waals surface area contributed by atoms with Crippen molar-refractivity contribution in [2.45, 2.75) is 11.8 Å². The zero-order valence-corrected chi connectivity index (χ0v) is 16.1. The summed E-state index contributed by atoms with van der Waals surface area (Å²) in [6, 6.07) is 11.3. The number of anilines is 1. The zero-order chi connectivity index (χ0) is 20.1. The molecule has 0 radical (unpaired) electrons. The second-order valence-electron chi connectivity index (χ2n) is 6.24. The summed E-state index contributed by atoms with van der Waals surface area (Å²) in [5, 5.41) is 15.2. The summed E-state index contributed by atoms with van der Waals surface area (Å²) >= 11 is 0. The van der Waals surface area contributed by atoms with Gasteiger partial charge in [0.15, 0.2) is 0 Å². The van der Waals surface area contributed by atoms with Gasteiger partial charge in [-0.3, -0.25) is 15.5 Å². The van der Waals surface area contributed by atoms with E-state index in [2.05, 4.69) is 10.5 Å². The maximum atomic E-state index is 13.0. The third kappa shape index (κ3) is 4.53. The second-order valence-corrected chi connectivity index (χ2v) is 8.14. The standard InChI is InChI=1S/C18H20N4O5S/c1-14-3-2-4-15(11-14)13-19-20-17-6-5-16(22(23)24)12-18(17)28(25,26)21-7-9-27-10-8-21/h2-6,11-13,20H,7-10H2,1H3/b19-13-. The van der Waals surface area contributed by atoms with Crippen LogP contribution in [0.4, 0.5) is 11.4 Å². The van der Waals surface area contributed by atoms with Crippen LogP contribution in [0.2, 0.25) is 0 Å². The number of ether oxygens (including phenoxy) is 1. The van der Waals surface area contributed by atoms with Crippen LogP contribution < -0.4 is 5.43 Å². The first-order valence-electron chi connectivity index (χ1n) is 8.60. The van der Waals surface area contributed by atoms with Crippen molar-refractivity contribution in [2.24, 2.45) is 5.10 Å². The maximum Gasteiger partial charge on any atom is 0.270 e. The highest BCUT2D eigenvalue weighted by molar-refractivity contribution is 7.89. The van der Waals surface area contributed by atoms with E-state index < -0.39 is 14.9 Å². The van der Waals surface area contributed by atoms with Gasteiger partial charge in [-0.1, -0.05) is 29.8 Å². The summed E-state index contributed by atoms with van der Waals surface area (Å²) in [4.78, 5) is 10.3. The van der Waals surface area contributed by atoms with E-state index in [1.807, 2.05) is 31.2 Å². The van der Waals surface area contributed by atoms with Gasteiger partial charge in [0, 0.05) is 25.2 Å². The highest BCUT2D eigenvalue weighted by Gasteiger charge is 2.30. The molecule has 148 valence electrons. The van der Waals surface area contributed by atoms with Crippen LogP contribution in [-0.2, 0) is 14.8 Å². The van der Waals surface area contributed by atoms with Crippen molar-refractivity contribution in [3.05, 3.63) is 63.7 Å². The number of aryl methyl sites for hydroxylation is 1. The molecule has 1 saturated heterocycles. The minimum atomic E-state index is -3.94. The number of hydrogen-bond acceptors (Lipinski definition) is 7. The number of sulfonamides is 1. The lowest BCUT2D eigenvalue weighted by Gasteiger charge is -2.26. The number of benzene rings is 2. The number of nitro groups is 1. The number of rotatable bonds is 6. The SMILES string of the molecule is Cc1cccc(/C=N\Nc2ccc([N+](=O)[O-])cc2S(=O)(=O)N2CCOCC2)c1. The van der Waals surface area contributed by atoms with Crippen LogP contribution in [0.25, 0.3) is 0 Å². The molecule has 0 bridgehead atoms. The maximum absolute atomic E-state index is 13.0. The summed E-state index contributed by atoms with van der Waals surface area (Å²) in [5.74, 6) is 0. The van der Waals surface area contributed by atoms with Crippen molar-refractivity contribution in [3.63, 3.8) is 0 Å². The Bertz CT molecular complexity index is 1000. The molecule has 1 fully saturated rings. The second kappa shape index (κ2) is 8.46. The van der Waals surface area contributed by atoms with Crippen LogP contribution in [-0.4, -0.2) is 50.2 Å². The van der Waals surface area contributed by atoms with Crippen molar-refractivity contribution in [1.29, 1.82) is 0 Å². The van der Waals surface area contributed by atoms with Gasteiger partial charge in [-0.05, 0) is 18.6 Å². The number of hydrogen-bond donors (Lipinski definition) is 1. The first-order chi connectivity index (χ1) is 13.4. The molecular formula is C18H20N4O5S. The Hall–Kier alpha value is -2.82. The van der Waals surface area contributed by atoms with Gasteiger partial charge in [-0.2, -0.15) is 9.41 Å². The number of nitrogens with one attached hydrogen (secondary N) is 1. The van der Waals surface area contributed by atoms with Gasteiger partial charge in [0.2, 0.25) is 10.0 Å². The van der Waals surface area contributed by atoms with E-state index >= 15 is 0 Å². The van der Waals surface area contributed by atoms with Gasteiger partial charge in [-0.15, -0.1) is 0 Å². The fourth-order valence-electron chi connectivity index (χ4n) is 2.78. The van der Waals surface area contributed by atoms with E-state index in [1.54, 1.807) is 6.21 Å². The van der Waals surface area contributed by atoms with Crippen LogP contribution in [0, 0.1) is 17.0 Å². The molecule has 1 N–H and O–H groups in total. The number of nitro benzene ring substituents is 1. The lowest BCUT2D eigenvalue weighted by atomic mass is 10.2. The minimum absolute atomic E-state index is 0.168. The summed E-state index contributed by atoms with van der Waals surface area (Å²) in [6.45, 7) is 2.90. The van der Waals surface area contributed by atoms with Gasteiger partial charge < -0.3 is 4.74 Å². The fourth-order valence-corrected chi connectivity index (χ4v) is 4.35. The summed E-state index contributed by atoms with van der Waals surface area (Å²) < 4.78 is 32.5. The van der Waals surface area contributed by atoms with E-state index in [9.17, 15) is 18.5 Å². The molecule has 0 unspecified atom stereocenters. The first kappa shape index (κ1) is 19.9. The molecule has 1 aliphatic rings. The molecule has 0 aromatic heterocycles. The van der Waals surface area contributed by atoms with Crippen LogP contribution >= 0.6 is 0 Å². The third-order valence-electron chi connectivity index (χ3n) is 4.20. The van der Waals surface area contributed by atoms with E-state index in [0.29, 0.717) is 0 Å². The van der Waals surface area contributed by atoms with Gasteiger partial charge >= 0.3 is 0 Å². The molecule has 0 saturated carbocycles. The molecule has 0 aliphatic carbocycles. The van der Waals surface area contributed by atoms with Gasteiger partial charge in [0.1, 0.15) is 4.90 Å². The van der Waals surface area contributed by atoms with E-state index in [4.69, 9.17) is 4.74 Å². The van der Waals surface area contributed by atoms with Crippen LogP contribution in [0.5, 0.6) is 0 Å². The quantitative estimate of drug-likeness (QED) is 0.449. The van der Waals surface area contributed by atoms with Crippen molar-refractivity contribution in [2.75, 3.05) is 31.7 Å². The molecule has 0 amide bonds. The highest BCUT2D eigenvalue weighted by Crippen LogP contribution is 2.29. The van der Waals surface area contributed by atoms with Gasteiger partial charge in [0.05, 0.1) is 30.0 Å². The predicted octanol–water partition coefficient (Wildman–Crippen LogP) is 2.37.